The first kappa shape index (κ1) is 40.6. The van der Waals surface area contributed by atoms with E-state index >= 15 is 0 Å². The van der Waals surface area contributed by atoms with Gasteiger partial charge in [0.2, 0.25) is 11.8 Å². The van der Waals surface area contributed by atoms with E-state index in [2.05, 4.69) is 64.5 Å². The maximum absolute atomic E-state index is 13.9. The molecule has 2 aliphatic carbocycles. The average molecular weight is 835 g/mol. The molecule has 1 unspecified atom stereocenters. The number of piperidine rings is 2. The number of carbonyl (C=O) groups excluding carboxylic acids is 5. The molecular weight excluding hydrogens is 780 g/mol. The van der Waals surface area contributed by atoms with Crippen LogP contribution >= 0.6 is 0 Å². The molecule has 4 aromatic carbocycles. The maximum Gasteiger partial charge on any atom is 0.262 e. The molecule has 3 fully saturated rings. The lowest BCUT2D eigenvalue weighted by Crippen LogP contribution is -2.54. The normalized spacial score (nSPS) is 24.1. The van der Waals surface area contributed by atoms with Gasteiger partial charge >= 0.3 is 0 Å². The molecule has 10 rings (SSSR count). The predicted molar refractivity (Wildman–Crippen MR) is 235 cm³/mol. The molecule has 1 saturated carbocycles. The second kappa shape index (κ2) is 16.3. The zero-order valence-corrected chi connectivity index (χ0v) is 35.6. The van der Waals surface area contributed by atoms with Crippen molar-refractivity contribution in [3.05, 3.63) is 135 Å². The minimum atomic E-state index is -0.978. The van der Waals surface area contributed by atoms with Gasteiger partial charge in [0.1, 0.15) is 17.6 Å². The number of imide groups is 2. The molecule has 4 aromatic rings. The Bertz CT molecular complexity index is 2400. The van der Waals surface area contributed by atoms with E-state index in [1.807, 2.05) is 24.3 Å². The second-order valence-electron chi connectivity index (χ2n) is 19.1. The molecule has 9 nitrogen and oxygen atoms in total. The summed E-state index contributed by atoms with van der Waals surface area (Å²) in [5.74, 6) is -1.23. The fourth-order valence-electron chi connectivity index (χ4n) is 11.9. The number of hydrogen-bond donors (Lipinski definition) is 1. The number of ketones is 1. The van der Waals surface area contributed by atoms with Gasteiger partial charge < -0.3 is 4.90 Å². The molecule has 6 aliphatic rings. The molecule has 0 bridgehead atoms. The molecule has 4 heterocycles. The van der Waals surface area contributed by atoms with Crippen LogP contribution < -0.4 is 10.2 Å². The van der Waals surface area contributed by atoms with Crippen molar-refractivity contribution in [3.63, 3.8) is 0 Å². The first-order valence-corrected chi connectivity index (χ1v) is 22.8. The standard InChI is InChI=1S/C52H55FN4O5/c1-32-2-12-42-38(28-32)7-13-41(33-3-8-39(53)9-4-33)48(42)35-5-10-40(11-6-35)56-26-22-52(23-27-56)20-16-34(17-21-52)46(58)31-55-24-18-36-29-43-44(30-37(36)19-25-55)51(62)57(50(43)61)45-14-15-47(59)54-49(45)60/h2-6,8-12,28-30,34,41,45,48H,7,13-27,31H2,1H3,(H,54,59,60)/t41-,45?,48+/m1/s1. The van der Waals surface area contributed by atoms with E-state index in [0.29, 0.717) is 60.7 Å². The number of aryl methyl sites for hydroxylation is 2. The lowest BCUT2D eigenvalue weighted by Gasteiger charge is -2.46. The summed E-state index contributed by atoms with van der Waals surface area (Å²) in [5, 5.41) is 2.26. The molecule has 0 radical (unpaired) electrons. The van der Waals surface area contributed by atoms with Gasteiger partial charge in [-0.05, 0) is 159 Å². The Morgan fingerprint density at radius 2 is 1.34 bits per heavy atom. The van der Waals surface area contributed by atoms with Crippen molar-refractivity contribution < 1.29 is 28.4 Å². The molecule has 4 aliphatic heterocycles. The zero-order chi connectivity index (χ0) is 42.7. The Balaban J connectivity index is 0.724. The smallest absolute Gasteiger partial charge is 0.262 e. The van der Waals surface area contributed by atoms with Crippen LogP contribution in [-0.4, -0.2) is 78.0 Å². The lowest BCUT2D eigenvalue weighted by molar-refractivity contribution is -0.136. The fraction of sp³-hybridized carbons (Fsp3) is 0.442. The number of rotatable bonds is 7. The van der Waals surface area contributed by atoms with Crippen LogP contribution in [0.3, 0.4) is 0 Å². The van der Waals surface area contributed by atoms with E-state index in [1.54, 1.807) is 12.1 Å². The third kappa shape index (κ3) is 7.58. The number of nitrogens with zero attached hydrogens (tertiary/aromatic N) is 3. The van der Waals surface area contributed by atoms with Crippen molar-refractivity contribution in [2.75, 3.05) is 37.6 Å². The van der Waals surface area contributed by atoms with Crippen molar-refractivity contribution in [1.82, 2.24) is 15.1 Å². The van der Waals surface area contributed by atoms with Crippen molar-refractivity contribution in [3.8, 4) is 0 Å². The summed E-state index contributed by atoms with van der Waals surface area (Å²) >= 11 is 0. The molecule has 10 heteroatoms. The summed E-state index contributed by atoms with van der Waals surface area (Å²) in [4.78, 5) is 70.6. The molecule has 3 atom stereocenters. The highest BCUT2D eigenvalue weighted by atomic mass is 19.1. The van der Waals surface area contributed by atoms with Gasteiger partial charge in [0, 0.05) is 50.1 Å². The number of hydrogen-bond acceptors (Lipinski definition) is 7. The van der Waals surface area contributed by atoms with Gasteiger partial charge in [-0.2, -0.15) is 0 Å². The van der Waals surface area contributed by atoms with E-state index in [-0.39, 0.29) is 30.5 Å². The number of carbonyl (C=O) groups is 5. The monoisotopic (exact) mass is 834 g/mol. The summed E-state index contributed by atoms with van der Waals surface area (Å²) in [6, 6.07) is 25.9. The molecule has 4 amide bonds. The zero-order valence-electron chi connectivity index (χ0n) is 35.6. The molecule has 1 spiro atoms. The minimum absolute atomic E-state index is 0.0849. The highest BCUT2D eigenvalue weighted by Gasteiger charge is 2.45. The Labute approximate surface area is 363 Å². The summed E-state index contributed by atoms with van der Waals surface area (Å²) in [7, 11) is 0. The first-order valence-electron chi connectivity index (χ1n) is 22.8. The number of anilines is 1. The summed E-state index contributed by atoms with van der Waals surface area (Å²) in [6.07, 6.45) is 10.00. The van der Waals surface area contributed by atoms with Crippen molar-refractivity contribution in [2.24, 2.45) is 11.3 Å². The van der Waals surface area contributed by atoms with E-state index in [1.165, 1.54) is 33.5 Å². The maximum atomic E-state index is 13.9. The summed E-state index contributed by atoms with van der Waals surface area (Å²) in [6.45, 7) is 6.03. The van der Waals surface area contributed by atoms with Crippen LogP contribution in [0.15, 0.2) is 78.9 Å². The van der Waals surface area contributed by atoms with Crippen LogP contribution in [0.4, 0.5) is 10.1 Å². The molecule has 2 saturated heterocycles. The third-order valence-corrected chi connectivity index (χ3v) is 15.5. The Morgan fingerprint density at radius 3 is 1.98 bits per heavy atom. The lowest BCUT2D eigenvalue weighted by atomic mass is 9.65. The number of nitrogens with one attached hydrogen (secondary N) is 1. The predicted octanol–water partition coefficient (Wildman–Crippen LogP) is 7.84. The van der Waals surface area contributed by atoms with E-state index in [4.69, 9.17) is 0 Å². The van der Waals surface area contributed by atoms with Gasteiger partial charge in [0.25, 0.3) is 11.8 Å². The highest BCUT2D eigenvalue weighted by molar-refractivity contribution is 6.23. The topological polar surface area (TPSA) is 107 Å². The Kier molecular flexibility index (Phi) is 10.7. The third-order valence-electron chi connectivity index (χ3n) is 15.5. The van der Waals surface area contributed by atoms with Crippen LogP contribution in [0.1, 0.15) is 129 Å². The molecule has 0 aromatic heterocycles. The SMILES string of the molecule is Cc1ccc2c(c1)CC[C@H](c1ccc(F)cc1)[C@@H]2c1ccc(N2CCC3(CCC(C(=O)CN4CCc5cc6c(cc5CC4)C(=O)N(C4CCC(=O)NC4=O)C6=O)CC3)CC2)cc1. The minimum Gasteiger partial charge on any atom is -0.371 e. The number of fused-ring (bicyclic) bond motifs is 3. The van der Waals surface area contributed by atoms with Crippen LogP contribution in [0, 0.1) is 24.1 Å². The second-order valence-corrected chi connectivity index (χ2v) is 19.1. The molecule has 1 N–H and O–H groups in total. The quantitative estimate of drug-likeness (QED) is 0.189. The largest absolute Gasteiger partial charge is 0.371 e. The number of Topliss-reactive ketones (excluding diaryl/α,β-unsaturated/α-hetero) is 1. The van der Waals surface area contributed by atoms with Gasteiger partial charge in [-0.3, -0.25) is 39.1 Å². The van der Waals surface area contributed by atoms with Crippen molar-refractivity contribution in [2.45, 2.75) is 102 Å². The van der Waals surface area contributed by atoms with Crippen molar-refractivity contribution >= 4 is 35.1 Å². The van der Waals surface area contributed by atoms with Gasteiger partial charge in [-0.15, -0.1) is 0 Å². The van der Waals surface area contributed by atoms with Crippen LogP contribution in [0.5, 0.6) is 0 Å². The van der Waals surface area contributed by atoms with E-state index in [9.17, 15) is 28.4 Å². The van der Waals surface area contributed by atoms with Gasteiger partial charge in [0.05, 0.1) is 17.7 Å². The van der Waals surface area contributed by atoms with Crippen LogP contribution in [0.2, 0.25) is 0 Å². The van der Waals surface area contributed by atoms with Gasteiger partial charge in [0.15, 0.2) is 0 Å². The van der Waals surface area contributed by atoms with Crippen molar-refractivity contribution in [1.29, 1.82) is 0 Å². The average Bonchev–Trinajstić information content (AvgIpc) is 3.37. The Morgan fingerprint density at radius 1 is 0.694 bits per heavy atom. The van der Waals surface area contributed by atoms with E-state index in [0.717, 1.165) is 80.5 Å². The van der Waals surface area contributed by atoms with E-state index < -0.39 is 29.7 Å². The van der Waals surface area contributed by atoms with Gasteiger partial charge in [-0.25, -0.2) is 4.39 Å². The number of benzene rings is 4. The number of amides is 4. The number of halogens is 1. The molecule has 62 heavy (non-hydrogen) atoms. The highest BCUT2D eigenvalue weighted by Crippen LogP contribution is 2.49. The molecular formula is C52H55FN4O5. The van der Waals surface area contributed by atoms with Crippen LogP contribution in [-0.2, 0) is 33.6 Å². The molecule has 320 valence electrons. The first-order chi connectivity index (χ1) is 30.0. The Hall–Kier alpha value is -5.48. The van der Waals surface area contributed by atoms with Crippen LogP contribution in [0.25, 0.3) is 0 Å². The van der Waals surface area contributed by atoms with Gasteiger partial charge in [-0.1, -0.05) is 48.0 Å². The summed E-state index contributed by atoms with van der Waals surface area (Å²) in [5.41, 5.74) is 10.8. The summed E-state index contributed by atoms with van der Waals surface area (Å²) < 4.78 is 13.9. The fourth-order valence-corrected chi connectivity index (χ4v) is 11.9.